The molecule has 1 aliphatic rings. The number of rotatable bonds is 5. The van der Waals surface area contributed by atoms with E-state index in [-0.39, 0.29) is 0 Å². The van der Waals surface area contributed by atoms with Crippen molar-refractivity contribution < 1.29 is 0 Å². The summed E-state index contributed by atoms with van der Waals surface area (Å²) < 4.78 is 0. The maximum atomic E-state index is 3.70. The number of piperidine rings is 1. The number of hydrogen-bond acceptors (Lipinski definition) is 3. The quantitative estimate of drug-likeness (QED) is 0.867. The van der Waals surface area contributed by atoms with Gasteiger partial charge in [0, 0.05) is 22.3 Å². The minimum Gasteiger partial charge on any atom is -0.309 e. The minimum atomic E-state index is 0.727. The van der Waals surface area contributed by atoms with E-state index in [9.17, 15) is 0 Å². The van der Waals surface area contributed by atoms with E-state index >= 15 is 0 Å². The molecular weight excluding hydrogens is 228 g/mol. The number of thiophene rings is 1. The predicted octanol–water partition coefficient (Wildman–Crippen LogP) is 2.88. The van der Waals surface area contributed by atoms with Crippen LogP contribution in [0.15, 0.2) is 12.1 Å². The first-order valence-electron chi connectivity index (χ1n) is 6.85. The molecular formula is C14H24N2S. The van der Waals surface area contributed by atoms with Crippen LogP contribution in [0, 0.1) is 0 Å². The van der Waals surface area contributed by atoms with Gasteiger partial charge in [-0.25, -0.2) is 0 Å². The van der Waals surface area contributed by atoms with E-state index in [1.807, 2.05) is 11.3 Å². The molecule has 2 nitrogen and oxygen atoms in total. The van der Waals surface area contributed by atoms with Crippen molar-refractivity contribution in [3.63, 3.8) is 0 Å². The van der Waals surface area contributed by atoms with Crippen LogP contribution in [0.5, 0.6) is 0 Å². The summed E-state index contributed by atoms with van der Waals surface area (Å²) in [5.74, 6) is 0. The normalized spacial score (nSPS) is 18.7. The number of aryl methyl sites for hydroxylation is 1. The topological polar surface area (TPSA) is 15.3 Å². The summed E-state index contributed by atoms with van der Waals surface area (Å²) >= 11 is 1.95. The van der Waals surface area contributed by atoms with Crippen LogP contribution in [0.3, 0.4) is 0 Å². The van der Waals surface area contributed by atoms with E-state index in [1.165, 1.54) is 48.7 Å². The summed E-state index contributed by atoms with van der Waals surface area (Å²) in [6.07, 6.45) is 3.78. The minimum absolute atomic E-state index is 0.727. The molecule has 0 bridgehead atoms. The number of nitrogens with zero attached hydrogens (tertiary/aromatic N) is 1. The first-order chi connectivity index (χ1) is 8.31. The van der Waals surface area contributed by atoms with Gasteiger partial charge < -0.3 is 10.2 Å². The smallest absolute Gasteiger partial charge is 0.0302 e. The Labute approximate surface area is 109 Å². The summed E-state index contributed by atoms with van der Waals surface area (Å²) in [6, 6.07) is 5.27. The highest BCUT2D eigenvalue weighted by atomic mass is 32.1. The maximum Gasteiger partial charge on any atom is 0.0302 e. The third-order valence-electron chi connectivity index (χ3n) is 3.67. The Hall–Kier alpha value is -0.380. The molecule has 1 N–H and O–H groups in total. The molecule has 2 rings (SSSR count). The molecule has 0 spiro atoms. The fourth-order valence-corrected chi connectivity index (χ4v) is 3.31. The van der Waals surface area contributed by atoms with Crippen molar-refractivity contribution in [3.05, 3.63) is 21.9 Å². The van der Waals surface area contributed by atoms with Gasteiger partial charge in [-0.3, -0.25) is 0 Å². The van der Waals surface area contributed by atoms with Crippen molar-refractivity contribution in [2.45, 2.75) is 45.7 Å². The SMILES string of the molecule is CCc1ccc(CNC2CCN(CC)CC2)s1. The van der Waals surface area contributed by atoms with Gasteiger partial charge in [0.2, 0.25) is 0 Å². The van der Waals surface area contributed by atoms with Crippen LogP contribution in [-0.4, -0.2) is 30.6 Å². The van der Waals surface area contributed by atoms with E-state index in [4.69, 9.17) is 0 Å². The molecule has 0 aromatic carbocycles. The van der Waals surface area contributed by atoms with Crippen LogP contribution < -0.4 is 5.32 Å². The third kappa shape index (κ3) is 3.80. The second kappa shape index (κ2) is 6.53. The predicted molar refractivity (Wildman–Crippen MR) is 75.7 cm³/mol. The second-order valence-corrected chi connectivity index (χ2v) is 6.06. The van der Waals surface area contributed by atoms with Crippen LogP contribution in [0.25, 0.3) is 0 Å². The van der Waals surface area contributed by atoms with E-state index in [0.717, 1.165) is 12.6 Å². The first kappa shape index (κ1) is 13.1. The lowest BCUT2D eigenvalue weighted by atomic mass is 10.1. The standard InChI is InChI=1S/C14H24N2S/c1-3-13-5-6-14(17-13)11-15-12-7-9-16(4-2)10-8-12/h5-6,12,15H,3-4,7-11H2,1-2H3. The second-order valence-electron chi connectivity index (χ2n) is 4.81. The molecule has 3 heteroatoms. The lowest BCUT2D eigenvalue weighted by molar-refractivity contribution is 0.206. The average Bonchev–Trinajstić information content (AvgIpc) is 2.85. The third-order valence-corrected chi connectivity index (χ3v) is 4.90. The molecule has 1 saturated heterocycles. The fraction of sp³-hybridized carbons (Fsp3) is 0.714. The highest BCUT2D eigenvalue weighted by Crippen LogP contribution is 2.17. The van der Waals surface area contributed by atoms with Gasteiger partial charge in [0.15, 0.2) is 0 Å². The van der Waals surface area contributed by atoms with Crippen molar-refractivity contribution in [3.8, 4) is 0 Å². The number of nitrogens with one attached hydrogen (secondary N) is 1. The van der Waals surface area contributed by atoms with Crippen LogP contribution in [0.2, 0.25) is 0 Å². The molecule has 0 saturated carbocycles. The van der Waals surface area contributed by atoms with Gasteiger partial charge in [-0.2, -0.15) is 0 Å². The molecule has 1 aliphatic heterocycles. The van der Waals surface area contributed by atoms with E-state index in [2.05, 4.69) is 36.2 Å². The molecule has 0 atom stereocenters. The molecule has 0 radical (unpaired) electrons. The zero-order chi connectivity index (χ0) is 12.1. The molecule has 96 valence electrons. The maximum absolute atomic E-state index is 3.70. The summed E-state index contributed by atoms with van der Waals surface area (Å²) in [7, 11) is 0. The van der Waals surface area contributed by atoms with Crippen molar-refractivity contribution >= 4 is 11.3 Å². The molecule has 0 amide bonds. The van der Waals surface area contributed by atoms with Crippen molar-refractivity contribution in [2.24, 2.45) is 0 Å². The van der Waals surface area contributed by atoms with Gasteiger partial charge in [0.05, 0.1) is 0 Å². The monoisotopic (exact) mass is 252 g/mol. The summed E-state index contributed by atoms with van der Waals surface area (Å²) in [4.78, 5) is 5.53. The van der Waals surface area contributed by atoms with Gasteiger partial charge in [-0.05, 0) is 51.0 Å². The van der Waals surface area contributed by atoms with E-state index in [0.29, 0.717) is 0 Å². The Morgan fingerprint density at radius 3 is 2.53 bits per heavy atom. The van der Waals surface area contributed by atoms with Crippen molar-refractivity contribution in [2.75, 3.05) is 19.6 Å². The summed E-state index contributed by atoms with van der Waals surface area (Å²) in [5.41, 5.74) is 0. The van der Waals surface area contributed by atoms with Crippen molar-refractivity contribution in [1.29, 1.82) is 0 Å². The molecule has 1 aromatic rings. The van der Waals surface area contributed by atoms with Gasteiger partial charge in [0.1, 0.15) is 0 Å². The Kier molecular flexibility index (Phi) is 5.01. The number of likely N-dealkylation sites (tertiary alicyclic amines) is 1. The Morgan fingerprint density at radius 2 is 1.94 bits per heavy atom. The molecule has 1 fully saturated rings. The lowest BCUT2D eigenvalue weighted by Gasteiger charge is -2.31. The molecule has 0 aliphatic carbocycles. The fourth-order valence-electron chi connectivity index (χ4n) is 2.41. The lowest BCUT2D eigenvalue weighted by Crippen LogP contribution is -2.41. The molecule has 17 heavy (non-hydrogen) atoms. The summed E-state index contributed by atoms with van der Waals surface area (Å²) in [6.45, 7) is 9.27. The van der Waals surface area contributed by atoms with Crippen LogP contribution in [0.1, 0.15) is 36.4 Å². The molecule has 1 aromatic heterocycles. The van der Waals surface area contributed by atoms with Gasteiger partial charge in [-0.15, -0.1) is 11.3 Å². The summed E-state index contributed by atoms with van der Waals surface area (Å²) in [5, 5.41) is 3.70. The first-order valence-corrected chi connectivity index (χ1v) is 7.66. The van der Waals surface area contributed by atoms with Gasteiger partial charge in [-0.1, -0.05) is 13.8 Å². The zero-order valence-corrected chi connectivity index (χ0v) is 11.9. The molecule has 2 heterocycles. The van der Waals surface area contributed by atoms with Gasteiger partial charge >= 0.3 is 0 Å². The highest BCUT2D eigenvalue weighted by molar-refractivity contribution is 7.11. The Bertz CT molecular complexity index is 327. The van der Waals surface area contributed by atoms with Crippen LogP contribution in [0.4, 0.5) is 0 Å². The molecule has 0 unspecified atom stereocenters. The largest absolute Gasteiger partial charge is 0.309 e. The highest BCUT2D eigenvalue weighted by Gasteiger charge is 2.17. The number of hydrogen-bond donors (Lipinski definition) is 1. The van der Waals surface area contributed by atoms with Crippen molar-refractivity contribution in [1.82, 2.24) is 10.2 Å². The van der Waals surface area contributed by atoms with Gasteiger partial charge in [0.25, 0.3) is 0 Å². The zero-order valence-electron chi connectivity index (χ0n) is 11.0. The van der Waals surface area contributed by atoms with Crippen LogP contribution >= 0.6 is 11.3 Å². The Balaban J connectivity index is 1.72. The average molecular weight is 252 g/mol. The van der Waals surface area contributed by atoms with E-state index in [1.54, 1.807) is 0 Å². The van der Waals surface area contributed by atoms with Crippen LogP contribution in [-0.2, 0) is 13.0 Å². The Morgan fingerprint density at radius 1 is 1.24 bits per heavy atom. The van der Waals surface area contributed by atoms with E-state index < -0.39 is 0 Å².